The van der Waals surface area contributed by atoms with Crippen molar-refractivity contribution < 1.29 is 75.4 Å². The van der Waals surface area contributed by atoms with Crippen molar-refractivity contribution in [3.63, 3.8) is 0 Å². The molecule has 0 bridgehead atoms. The summed E-state index contributed by atoms with van der Waals surface area (Å²) in [5, 5.41) is 0. The molecular weight excluding hydrogens is 463 g/mol. The third kappa shape index (κ3) is 4.01. The molecule has 0 rings (SSSR count). The average molecular weight is 469 g/mol. The molecule has 18 heteroatoms. The number of hydrogen-bond acceptors (Lipinski definition) is 3. The Bertz CT molecular complexity index is 660. The van der Waals surface area contributed by atoms with Gasteiger partial charge in [-0.2, -0.15) is 65.9 Å². The standard InChI is InChI=1S/C11H6F15NO2/c1-3(27)2-4(28)29-11(25,26)9(20,21)7(16,17)5(12,13)6(14,15)8(18,19)10(22,23)24/h2H,27H2,1H3. The Morgan fingerprint density at radius 1 is 0.655 bits per heavy atom. The van der Waals surface area contributed by atoms with Gasteiger partial charge in [-0.15, -0.1) is 0 Å². The number of esters is 1. The number of ether oxygens (including phenoxy) is 1. The molecule has 0 atom stereocenters. The van der Waals surface area contributed by atoms with Crippen LogP contribution in [0.15, 0.2) is 11.8 Å². The second kappa shape index (κ2) is 7.03. The van der Waals surface area contributed by atoms with E-state index in [0.29, 0.717) is 6.92 Å². The molecule has 0 spiro atoms. The normalized spacial score (nSPS) is 16.1. The van der Waals surface area contributed by atoms with Crippen LogP contribution in [0.3, 0.4) is 0 Å². The Morgan fingerprint density at radius 3 is 1.28 bits per heavy atom. The highest BCUT2D eigenvalue weighted by Crippen LogP contribution is 2.62. The van der Waals surface area contributed by atoms with E-state index in [4.69, 9.17) is 5.73 Å². The maximum Gasteiger partial charge on any atom is 0.473 e. The van der Waals surface area contributed by atoms with E-state index in [9.17, 15) is 70.7 Å². The molecule has 0 aliphatic rings. The fourth-order valence-electron chi connectivity index (χ4n) is 1.36. The van der Waals surface area contributed by atoms with Gasteiger partial charge in [0.05, 0.1) is 0 Å². The largest absolute Gasteiger partial charge is 0.473 e. The molecule has 0 unspecified atom stereocenters. The van der Waals surface area contributed by atoms with Crippen LogP contribution in [-0.4, -0.2) is 47.9 Å². The third-order valence-electron chi connectivity index (χ3n) is 2.87. The van der Waals surface area contributed by atoms with Crippen molar-refractivity contribution >= 4 is 5.97 Å². The summed E-state index contributed by atoms with van der Waals surface area (Å²) in [6, 6.07) is 0. The highest BCUT2D eigenvalue weighted by atomic mass is 19.4. The van der Waals surface area contributed by atoms with Crippen LogP contribution in [0.25, 0.3) is 0 Å². The van der Waals surface area contributed by atoms with Crippen LogP contribution in [0.1, 0.15) is 6.92 Å². The number of halogens is 15. The minimum Gasteiger partial charge on any atom is -0.402 e. The highest BCUT2D eigenvalue weighted by molar-refractivity contribution is 5.82. The smallest absolute Gasteiger partial charge is 0.402 e. The lowest BCUT2D eigenvalue weighted by Gasteiger charge is -2.40. The Labute approximate surface area is 149 Å². The van der Waals surface area contributed by atoms with E-state index >= 15 is 0 Å². The molecule has 172 valence electrons. The first-order valence-corrected chi connectivity index (χ1v) is 6.31. The molecule has 0 aliphatic carbocycles. The molecular formula is C11H6F15NO2. The lowest BCUT2D eigenvalue weighted by molar-refractivity contribution is -0.467. The number of nitrogens with two attached hydrogens (primary N) is 1. The molecule has 0 saturated heterocycles. The summed E-state index contributed by atoms with van der Waals surface area (Å²) in [6.07, 6.45) is -15.1. The van der Waals surface area contributed by atoms with Crippen LogP contribution in [-0.2, 0) is 9.53 Å². The number of carbonyl (C=O) groups excluding carboxylic acids is 1. The molecule has 0 heterocycles. The maximum absolute atomic E-state index is 13.2. The zero-order valence-electron chi connectivity index (χ0n) is 13.1. The Hall–Kier alpha value is -2.04. The van der Waals surface area contributed by atoms with E-state index in [2.05, 4.69) is 4.74 Å². The zero-order valence-corrected chi connectivity index (χ0v) is 13.1. The van der Waals surface area contributed by atoms with Crippen LogP contribution in [0, 0.1) is 0 Å². The molecule has 0 aromatic carbocycles. The van der Waals surface area contributed by atoms with Gasteiger partial charge in [-0.3, -0.25) is 0 Å². The Morgan fingerprint density at radius 2 is 0.966 bits per heavy atom. The van der Waals surface area contributed by atoms with Crippen LogP contribution in [0.4, 0.5) is 65.9 Å². The first-order chi connectivity index (χ1) is 12.3. The lowest BCUT2D eigenvalue weighted by atomic mass is 9.93. The van der Waals surface area contributed by atoms with Gasteiger partial charge >= 0.3 is 47.9 Å². The van der Waals surface area contributed by atoms with Gasteiger partial charge in [-0.05, 0) is 6.92 Å². The molecule has 2 N–H and O–H groups in total. The van der Waals surface area contributed by atoms with Crippen molar-refractivity contribution in [2.24, 2.45) is 5.73 Å². The van der Waals surface area contributed by atoms with Crippen molar-refractivity contribution in [3.05, 3.63) is 11.8 Å². The zero-order chi connectivity index (χ0) is 24.1. The van der Waals surface area contributed by atoms with Crippen LogP contribution >= 0.6 is 0 Å². The summed E-state index contributed by atoms with van der Waals surface area (Å²) in [5.41, 5.74) is 3.89. The SMILES string of the molecule is CC(N)=CC(=O)OC(F)(F)C(F)(F)C(F)(F)C(F)(F)C(F)(F)C(F)(F)C(F)(F)F. The van der Waals surface area contributed by atoms with Gasteiger partial charge in [0.1, 0.15) is 0 Å². The van der Waals surface area contributed by atoms with Gasteiger partial charge in [0.2, 0.25) is 0 Å². The van der Waals surface area contributed by atoms with E-state index in [1.807, 2.05) is 0 Å². The third-order valence-corrected chi connectivity index (χ3v) is 2.87. The van der Waals surface area contributed by atoms with Crippen LogP contribution < -0.4 is 5.73 Å². The van der Waals surface area contributed by atoms with Gasteiger partial charge in [-0.1, -0.05) is 0 Å². The highest BCUT2D eigenvalue weighted by Gasteiger charge is 2.94. The number of rotatable bonds is 7. The second-order valence-electron chi connectivity index (χ2n) is 5.20. The molecule has 0 aromatic heterocycles. The van der Waals surface area contributed by atoms with Gasteiger partial charge < -0.3 is 10.5 Å². The van der Waals surface area contributed by atoms with Crippen molar-refractivity contribution in [2.45, 2.75) is 48.8 Å². The van der Waals surface area contributed by atoms with E-state index < -0.39 is 53.6 Å². The van der Waals surface area contributed by atoms with Crippen molar-refractivity contribution in [2.75, 3.05) is 0 Å². The predicted octanol–water partition coefficient (Wildman–Crippen LogP) is 4.72. The summed E-state index contributed by atoms with van der Waals surface area (Å²) in [7, 11) is 0. The number of carbonyl (C=O) groups is 1. The molecule has 0 saturated carbocycles. The molecule has 3 nitrogen and oxygen atoms in total. The quantitative estimate of drug-likeness (QED) is 0.334. The summed E-state index contributed by atoms with van der Waals surface area (Å²) in [5.74, 6) is -43.8. The average Bonchev–Trinajstić information content (AvgIpc) is 2.43. The minimum absolute atomic E-state index is 0.299. The van der Waals surface area contributed by atoms with E-state index in [0.717, 1.165) is 0 Å². The van der Waals surface area contributed by atoms with Gasteiger partial charge in [0.15, 0.2) is 0 Å². The summed E-state index contributed by atoms with van der Waals surface area (Å²) in [6.45, 7) is 0.708. The van der Waals surface area contributed by atoms with Crippen molar-refractivity contribution in [1.82, 2.24) is 0 Å². The number of alkyl halides is 15. The molecule has 0 aliphatic heterocycles. The summed E-state index contributed by atoms with van der Waals surface area (Å²) < 4.78 is 194. The molecule has 0 fully saturated rings. The summed E-state index contributed by atoms with van der Waals surface area (Å²) >= 11 is 0. The van der Waals surface area contributed by atoms with Crippen molar-refractivity contribution in [1.29, 1.82) is 0 Å². The second-order valence-corrected chi connectivity index (χ2v) is 5.20. The molecule has 29 heavy (non-hydrogen) atoms. The lowest BCUT2D eigenvalue weighted by Crippen LogP contribution is -2.72. The molecule has 0 radical (unpaired) electrons. The van der Waals surface area contributed by atoms with Gasteiger partial charge in [0.25, 0.3) is 0 Å². The van der Waals surface area contributed by atoms with Gasteiger partial charge in [-0.25, -0.2) is 4.79 Å². The van der Waals surface area contributed by atoms with E-state index in [1.54, 1.807) is 0 Å². The van der Waals surface area contributed by atoms with Crippen LogP contribution in [0.2, 0.25) is 0 Å². The fourth-order valence-corrected chi connectivity index (χ4v) is 1.36. The minimum atomic E-state index is -8.45. The fraction of sp³-hybridized carbons (Fsp3) is 0.727. The van der Waals surface area contributed by atoms with Crippen molar-refractivity contribution in [3.8, 4) is 0 Å². The number of allylic oxidation sites excluding steroid dienone is 1. The van der Waals surface area contributed by atoms with E-state index in [1.165, 1.54) is 0 Å². The number of hydrogen-bond donors (Lipinski definition) is 1. The molecule has 0 aromatic rings. The monoisotopic (exact) mass is 469 g/mol. The Kier molecular flexibility index (Phi) is 6.54. The molecule has 0 amide bonds. The van der Waals surface area contributed by atoms with E-state index in [-0.39, 0.29) is 6.08 Å². The topological polar surface area (TPSA) is 52.3 Å². The van der Waals surface area contributed by atoms with Gasteiger partial charge in [0, 0.05) is 11.8 Å². The summed E-state index contributed by atoms with van der Waals surface area (Å²) in [4.78, 5) is 10.7. The predicted molar refractivity (Wildman–Crippen MR) is 59.8 cm³/mol. The van der Waals surface area contributed by atoms with Crippen LogP contribution in [0.5, 0.6) is 0 Å². The maximum atomic E-state index is 13.2. The first-order valence-electron chi connectivity index (χ1n) is 6.31. The Balaban J connectivity index is 6.43. The first kappa shape index (κ1) is 27.0.